The van der Waals surface area contributed by atoms with Crippen LogP contribution in [0.4, 0.5) is 5.69 Å². The summed E-state index contributed by atoms with van der Waals surface area (Å²) >= 11 is 0. The number of benzene rings is 2. The molecule has 0 spiro atoms. The maximum absolute atomic E-state index is 12.3. The van der Waals surface area contributed by atoms with Crippen LogP contribution in [0.25, 0.3) is 0 Å². The van der Waals surface area contributed by atoms with Gasteiger partial charge in [-0.15, -0.1) is 0 Å². The van der Waals surface area contributed by atoms with Crippen molar-refractivity contribution < 1.29 is 14.6 Å². The van der Waals surface area contributed by atoms with Gasteiger partial charge in [-0.05, 0) is 50.1 Å². The second-order valence-electron chi connectivity index (χ2n) is 5.77. The predicted molar refractivity (Wildman–Crippen MR) is 91.6 cm³/mol. The van der Waals surface area contributed by atoms with Gasteiger partial charge in [-0.25, -0.2) is 0 Å². The van der Waals surface area contributed by atoms with Crippen LogP contribution in [0.5, 0.6) is 5.75 Å². The average Bonchev–Trinajstić information content (AvgIpc) is 2.51. The number of ether oxygens (including phenoxy) is 1. The van der Waals surface area contributed by atoms with E-state index in [-0.39, 0.29) is 12.3 Å². The molecule has 0 bridgehead atoms. The summed E-state index contributed by atoms with van der Waals surface area (Å²) < 4.78 is 5.43. The summed E-state index contributed by atoms with van der Waals surface area (Å²) in [6.45, 7) is 6.09. The molecular weight excluding hydrogens is 290 g/mol. The molecule has 1 amide bonds. The third kappa shape index (κ3) is 4.57. The minimum atomic E-state index is -1.20. The normalized spacial score (nSPS) is 13.2. The van der Waals surface area contributed by atoms with Crippen LogP contribution in [0.3, 0.4) is 0 Å². The minimum Gasteiger partial charge on any atom is -0.494 e. The van der Waals surface area contributed by atoms with Crippen LogP contribution in [0.2, 0.25) is 0 Å². The Morgan fingerprint density at radius 1 is 1.22 bits per heavy atom. The molecule has 0 saturated heterocycles. The molecule has 122 valence electrons. The van der Waals surface area contributed by atoms with Crippen molar-refractivity contribution in [2.24, 2.45) is 0 Å². The Morgan fingerprint density at radius 3 is 2.52 bits per heavy atom. The number of anilines is 1. The number of carbonyl (C=O) groups is 1. The van der Waals surface area contributed by atoms with Crippen molar-refractivity contribution in [3.63, 3.8) is 0 Å². The quantitative estimate of drug-likeness (QED) is 0.856. The van der Waals surface area contributed by atoms with Crippen molar-refractivity contribution in [3.05, 3.63) is 59.7 Å². The first kappa shape index (κ1) is 17.0. The van der Waals surface area contributed by atoms with Gasteiger partial charge in [-0.2, -0.15) is 0 Å². The van der Waals surface area contributed by atoms with E-state index >= 15 is 0 Å². The van der Waals surface area contributed by atoms with Gasteiger partial charge >= 0.3 is 0 Å². The molecule has 0 radical (unpaired) electrons. The van der Waals surface area contributed by atoms with Gasteiger partial charge in [0.15, 0.2) is 0 Å². The summed E-state index contributed by atoms with van der Waals surface area (Å²) in [5, 5.41) is 13.4. The van der Waals surface area contributed by atoms with Crippen LogP contribution in [0, 0.1) is 6.92 Å². The summed E-state index contributed by atoms with van der Waals surface area (Å²) in [7, 11) is 0. The summed E-state index contributed by atoms with van der Waals surface area (Å²) in [5.41, 5.74) is 1.16. The average molecular weight is 313 g/mol. The van der Waals surface area contributed by atoms with Crippen LogP contribution in [-0.4, -0.2) is 17.6 Å². The van der Waals surface area contributed by atoms with Crippen LogP contribution < -0.4 is 10.1 Å². The summed E-state index contributed by atoms with van der Waals surface area (Å²) in [6, 6.07) is 14.7. The van der Waals surface area contributed by atoms with Crippen molar-refractivity contribution in [3.8, 4) is 5.75 Å². The Kier molecular flexibility index (Phi) is 5.40. The fourth-order valence-corrected chi connectivity index (χ4v) is 2.44. The number of hydrogen-bond donors (Lipinski definition) is 2. The highest BCUT2D eigenvalue weighted by Gasteiger charge is 2.26. The number of hydrogen-bond acceptors (Lipinski definition) is 3. The molecular formula is C19H23NO3. The van der Waals surface area contributed by atoms with Crippen molar-refractivity contribution in [2.75, 3.05) is 11.9 Å². The van der Waals surface area contributed by atoms with Crippen LogP contribution in [-0.2, 0) is 10.4 Å². The van der Waals surface area contributed by atoms with Crippen molar-refractivity contribution in [2.45, 2.75) is 32.8 Å². The number of aliphatic hydroxyl groups is 1. The molecule has 2 aromatic carbocycles. The zero-order valence-electron chi connectivity index (χ0n) is 13.8. The summed E-state index contributed by atoms with van der Waals surface area (Å²) in [5.74, 6) is 0.547. The van der Waals surface area contributed by atoms with Crippen LogP contribution >= 0.6 is 0 Å². The van der Waals surface area contributed by atoms with Crippen molar-refractivity contribution in [1.82, 2.24) is 0 Å². The van der Waals surface area contributed by atoms with Gasteiger partial charge in [-0.1, -0.05) is 30.3 Å². The standard InChI is InChI=1S/C19H23NO3/c1-4-23-16-10-11-17(14(2)12-16)20-18(21)13-19(3,22)15-8-6-5-7-9-15/h5-12,22H,4,13H2,1-3H3,(H,20,21). The lowest BCUT2D eigenvalue weighted by Crippen LogP contribution is -2.28. The van der Waals surface area contributed by atoms with Gasteiger partial charge in [0.05, 0.1) is 18.6 Å². The minimum absolute atomic E-state index is 0.0103. The Balaban J connectivity index is 2.05. The zero-order chi connectivity index (χ0) is 16.9. The first-order valence-corrected chi connectivity index (χ1v) is 7.73. The number of aryl methyl sites for hydroxylation is 1. The Hall–Kier alpha value is -2.33. The Morgan fingerprint density at radius 2 is 1.91 bits per heavy atom. The fourth-order valence-electron chi connectivity index (χ4n) is 2.44. The second kappa shape index (κ2) is 7.29. The number of amides is 1. The van der Waals surface area contributed by atoms with E-state index in [0.29, 0.717) is 6.61 Å². The van der Waals surface area contributed by atoms with Gasteiger partial charge in [0, 0.05) is 5.69 Å². The van der Waals surface area contributed by atoms with Gasteiger partial charge < -0.3 is 15.2 Å². The molecule has 1 atom stereocenters. The first-order chi connectivity index (χ1) is 10.9. The molecule has 4 nitrogen and oxygen atoms in total. The SMILES string of the molecule is CCOc1ccc(NC(=O)CC(C)(O)c2ccccc2)c(C)c1. The Labute approximate surface area is 137 Å². The fraction of sp³-hybridized carbons (Fsp3) is 0.316. The van der Waals surface area contributed by atoms with Gasteiger partial charge in [0.2, 0.25) is 5.91 Å². The first-order valence-electron chi connectivity index (χ1n) is 7.73. The smallest absolute Gasteiger partial charge is 0.227 e. The molecule has 1 unspecified atom stereocenters. The lowest BCUT2D eigenvalue weighted by atomic mass is 9.92. The van der Waals surface area contributed by atoms with E-state index in [1.165, 1.54) is 0 Å². The lowest BCUT2D eigenvalue weighted by Gasteiger charge is -2.23. The molecule has 23 heavy (non-hydrogen) atoms. The largest absolute Gasteiger partial charge is 0.494 e. The van der Waals surface area contributed by atoms with Crippen LogP contribution in [0.15, 0.2) is 48.5 Å². The van der Waals surface area contributed by atoms with Crippen LogP contribution in [0.1, 0.15) is 31.4 Å². The van der Waals surface area contributed by atoms with Crippen molar-refractivity contribution in [1.29, 1.82) is 0 Å². The van der Waals surface area contributed by atoms with Gasteiger partial charge in [0.1, 0.15) is 5.75 Å². The maximum Gasteiger partial charge on any atom is 0.227 e. The molecule has 0 aliphatic carbocycles. The molecule has 0 aliphatic rings. The molecule has 2 rings (SSSR count). The highest BCUT2D eigenvalue weighted by Crippen LogP contribution is 2.26. The molecule has 2 N–H and O–H groups in total. The van der Waals surface area contributed by atoms with Crippen molar-refractivity contribution >= 4 is 11.6 Å². The highest BCUT2D eigenvalue weighted by molar-refractivity contribution is 5.92. The third-order valence-electron chi connectivity index (χ3n) is 3.68. The molecule has 0 heterocycles. The molecule has 0 fully saturated rings. The van der Waals surface area contributed by atoms with E-state index in [2.05, 4.69) is 5.32 Å². The van der Waals surface area contributed by atoms with E-state index in [1.807, 2.05) is 62.4 Å². The van der Waals surface area contributed by atoms with E-state index in [0.717, 1.165) is 22.6 Å². The predicted octanol–water partition coefficient (Wildman–Crippen LogP) is 3.63. The zero-order valence-corrected chi connectivity index (χ0v) is 13.8. The van der Waals surface area contributed by atoms with E-state index in [4.69, 9.17) is 4.74 Å². The van der Waals surface area contributed by atoms with E-state index < -0.39 is 5.60 Å². The molecule has 0 saturated carbocycles. The second-order valence-corrected chi connectivity index (χ2v) is 5.77. The van der Waals surface area contributed by atoms with Gasteiger partial charge in [0.25, 0.3) is 0 Å². The number of rotatable bonds is 6. The lowest BCUT2D eigenvalue weighted by molar-refractivity contribution is -0.120. The summed E-state index contributed by atoms with van der Waals surface area (Å²) in [4.78, 5) is 12.3. The number of carbonyl (C=O) groups excluding carboxylic acids is 1. The molecule has 4 heteroatoms. The molecule has 0 aliphatic heterocycles. The van der Waals surface area contributed by atoms with E-state index in [9.17, 15) is 9.90 Å². The maximum atomic E-state index is 12.3. The topological polar surface area (TPSA) is 58.6 Å². The van der Waals surface area contributed by atoms with Gasteiger partial charge in [-0.3, -0.25) is 4.79 Å². The monoisotopic (exact) mass is 313 g/mol. The number of nitrogens with one attached hydrogen (secondary N) is 1. The summed E-state index contributed by atoms with van der Waals surface area (Å²) in [6.07, 6.45) is -0.0103. The molecule has 2 aromatic rings. The molecule has 0 aromatic heterocycles. The Bertz CT molecular complexity index is 666. The third-order valence-corrected chi connectivity index (χ3v) is 3.68. The van der Waals surface area contributed by atoms with E-state index in [1.54, 1.807) is 6.92 Å². The highest BCUT2D eigenvalue weighted by atomic mass is 16.5.